The molecule has 0 aliphatic heterocycles. The second kappa shape index (κ2) is 8.75. The van der Waals surface area contributed by atoms with E-state index in [-0.39, 0.29) is 11.7 Å². The third-order valence-corrected chi connectivity index (χ3v) is 5.40. The largest absolute Gasteiger partial charge is 0.497 e. The van der Waals surface area contributed by atoms with E-state index in [4.69, 9.17) is 4.74 Å². The minimum Gasteiger partial charge on any atom is -0.497 e. The van der Waals surface area contributed by atoms with Gasteiger partial charge in [-0.25, -0.2) is 0 Å². The van der Waals surface area contributed by atoms with E-state index < -0.39 is 0 Å². The fourth-order valence-electron chi connectivity index (χ4n) is 3.00. The maximum Gasteiger partial charge on any atom is 0.234 e. The Hall–Kier alpha value is -3.38. The molecule has 144 valence electrons. The fraction of sp³-hybridized carbons (Fsp3) is 0.0870. The quantitative estimate of drug-likeness (QED) is 0.459. The van der Waals surface area contributed by atoms with Crippen LogP contribution in [-0.2, 0) is 4.79 Å². The summed E-state index contributed by atoms with van der Waals surface area (Å²) in [6, 6.07) is 25.2. The van der Waals surface area contributed by atoms with Gasteiger partial charge in [-0.2, -0.15) is 0 Å². The van der Waals surface area contributed by atoms with Crippen molar-refractivity contribution in [3.63, 3.8) is 0 Å². The minimum atomic E-state index is -0.0989. The van der Waals surface area contributed by atoms with Gasteiger partial charge in [-0.1, -0.05) is 66.4 Å². The van der Waals surface area contributed by atoms with Crippen LogP contribution in [0.5, 0.6) is 5.75 Å². The molecule has 0 unspecified atom stereocenters. The zero-order valence-corrected chi connectivity index (χ0v) is 16.6. The summed E-state index contributed by atoms with van der Waals surface area (Å²) in [7, 11) is 1.61. The number of aromatic nitrogens is 2. The highest BCUT2D eigenvalue weighted by molar-refractivity contribution is 8.00. The number of amides is 1. The lowest BCUT2D eigenvalue weighted by atomic mass is 10.1. The molecule has 1 aromatic heterocycles. The number of hydrogen-bond acceptors (Lipinski definition) is 5. The smallest absolute Gasteiger partial charge is 0.234 e. The van der Waals surface area contributed by atoms with E-state index in [1.807, 2.05) is 78.9 Å². The normalized spacial score (nSPS) is 10.7. The van der Waals surface area contributed by atoms with E-state index in [9.17, 15) is 4.79 Å². The highest BCUT2D eigenvalue weighted by Gasteiger charge is 2.12. The van der Waals surface area contributed by atoms with Crippen LogP contribution < -0.4 is 10.1 Å². The highest BCUT2D eigenvalue weighted by Crippen LogP contribution is 2.31. The average molecular weight is 401 g/mol. The number of carbonyl (C=O) groups excluding carboxylic acids is 1. The molecule has 1 heterocycles. The lowest BCUT2D eigenvalue weighted by molar-refractivity contribution is -0.113. The first-order chi connectivity index (χ1) is 14.2. The summed E-state index contributed by atoms with van der Waals surface area (Å²) in [5.41, 5.74) is 2.59. The molecule has 0 spiro atoms. The van der Waals surface area contributed by atoms with Crippen molar-refractivity contribution in [2.75, 3.05) is 18.2 Å². The van der Waals surface area contributed by atoms with Crippen LogP contribution >= 0.6 is 11.8 Å². The molecule has 0 saturated carbocycles. The second-order valence-corrected chi connectivity index (χ2v) is 7.29. The van der Waals surface area contributed by atoms with E-state index in [1.54, 1.807) is 7.11 Å². The van der Waals surface area contributed by atoms with Gasteiger partial charge in [-0.3, -0.25) is 4.79 Å². The number of hydrogen-bond donors (Lipinski definition) is 1. The Kier molecular flexibility index (Phi) is 5.72. The van der Waals surface area contributed by atoms with Crippen molar-refractivity contribution in [1.29, 1.82) is 0 Å². The number of thioether (sulfide) groups is 1. The molecule has 0 fully saturated rings. The van der Waals surface area contributed by atoms with Crippen molar-refractivity contribution in [2.45, 2.75) is 5.03 Å². The molecule has 1 N–H and O–H groups in total. The van der Waals surface area contributed by atoms with E-state index in [2.05, 4.69) is 15.5 Å². The molecule has 0 radical (unpaired) electrons. The summed E-state index contributed by atoms with van der Waals surface area (Å²) in [6.45, 7) is 0. The molecule has 0 bridgehead atoms. The number of anilines is 1. The Morgan fingerprint density at radius 2 is 1.59 bits per heavy atom. The van der Waals surface area contributed by atoms with Gasteiger partial charge < -0.3 is 10.1 Å². The van der Waals surface area contributed by atoms with Gasteiger partial charge >= 0.3 is 0 Å². The number of rotatable bonds is 6. The molecular formula is C23H19N3O2S. The van der Waals surface area contributed by atoms with Gasteiger partial charge in [-0.15, -0.1) is 10.2 Å². The van der Waals surface area contributed by atoms with Crippen molar-refractivity contribution < 1.29 is 9.53 Å². The number of nitrogens with one attached hydrogen (secondary N) is 1. The summed E-state index contributed by atoms with van der Waals surface area (Å²) in [5.74, 6) is 0.894. The number of benzene rings is 3. The first-order valence-electron chi connectivity index (χ1n) is 9.12. The standard InChI is InChI=1S/C23H19N3O2S/c1-28-18-13-11-17(12-14-18)24-21(27)15-29-23-20-10-6-5-9-19(20)22(25-26-23)16-7-3-2-4-8-16/h2-14H,15H2,1H3,(H,24,27). The van der Waals surface area contributed by atoms with Crippen LogP contribution in [0.3, 0.4) is 0 Å². The summed E-state index contributed by atoms with van der Waals surface area (Å²) in [6.07, 6.45) is 0. The highest BCUT2D eigenvalue weighted by atomic mass is 32.2. The fourth-order valence-corrected chi connectivity index (χ4v) is 3.77. The third kappa shape index (κ3) is 4.38. The molecule has 4 aromatic rings. The molecule has 3 aromatic carbocycles. The molecule has 0 aliphatic rings. The monoisotopic (exact) mass is 401 g/mol. The van der Waals surface area contributed by atoms with Gasteiger partial charge in [0.2, 0.25) is 5.91 Å². The predicted octanol–water partition coefficient (Wildman–Crippen LogP) is 5.04. The Labute approximate surface area is 173 Å². The molecule has 1 amide bonds. The maximum absolute atomic E-state index is 12.4. The number of ether oxygens (including phenoxy) is 1. The molecule has 0 aliphatic carbocycles. The first-order valence-corrected chi connectivity index (χ1v) is 10.1. The molecule has 4 rings (SSSR count). The maximum atomic E-state index is 12.4. The van der Waals surface area contributed by atoms with Gasteiger partial charge in [0.25, 0.3) is 0 Å². The van der Waals surface area contributed by atoms with Crippen molar-refractivity contribution in [3.8, 4) is 17.0 Å². The average Bonchev–Trinajstić information content (AvgIpc) is 2.78. The van der Waals surface area contributed by atoms with Crippen LogP contribution in [0, 0.1) is 0 Å². The van der Waals surface area contributed by atoms with Crippen LogP contribution in [-0.4, -0.2) is 29.0 Å². The summed E-state index contributed by atoms with van der Waals surface area (Å²) in [5, 5.41) is 14.5. The van der Waals surface area contributed by atoms with Gasteiger partial charge in [0.15, 0.2) is 0 Å². The second-order valence-electron chi connectivity index (χ2n) is 6.33. The molecule has 6 heteroatoms. The van der Waals surface area contributed by atoms with Crippen LogP contribution in [0.1, 0.15) is 0 Å². The first kappa shape index (κ1) is 19.0. The lowest BCUT2D eigenvalue weighted by Gasteiger charge is -2.09. The Bertz CT molecular complexity index is 1130. The topological polar surface area (TPSA) is 64.1 Å². The van der Waals surface area contributed by atoms with Crippen molar-refractivity contribution >= 4 is 34.1 Å². The summed E-state index contributed by atoms with van der Waals surface area (Å²) in [4.78, 5) is 12.4. The van der Waals surface area contributed by atoms with Crippen LogP contribution in [0.2, 0.25) is 0 Å². The Morgan fingerprint density at radius 3 is 2.31 bits per heavy atom. The zero-order chi connectivity index (χ0) is 20.1. The predicted molar refractivity (Wildman–Crippen MR) is 117 cm³/mol. The van der Waals surface area contributed by atoms with Gasteiger partial charge in [0.05, 0.1) is 12.9 Å². The Balaban J connectivity index is 1.52. The van der Waals surface area contributed by atoms with Crippen LogP contribution in [0.25, 0.3) is 22.0 Å². The lowest BCUT2D eigenvalue weighted by Crippen LogP contribution is -2.14. The van der Waals surface area contributed by atoms with Crippen LogP contribution in [0.4, 0.5) is 5.69 Å². The minimum absolute atomic E-state index is 0.0989. The SMILES string of the molecule is COc1ccc(NC(=O)CSc2nnc(-c3ccccc3)c3ccccc23)cc1. The van der Waals surface area contributed by atoms with E-state index in [0.717, 1.165) is 38.5 Å². The zero-order valence-electron chi connectivity index (χ0n) is 15.8. The molecule has 29 heavy (non-hydrogen) atoms. The van der Waals surface area contributed by atoms with E-state index in [0.29, 0.717) is 0 Å². The van der Waals surface area contributed by atoms with Crippen molar-refractivity contribution in [2.24, 2.45) is 0 Å². The molecule has 0 saturated heterocycles. The molecule has 5 nitrogen and oxygen atoms in total. The van der Waals surface area contributed by atoms with Gasteiger partial charge in [0, 0.05) is 22.0 Å². The van der Waals surface area contributed by atoms with E-state index >= 15 is 0 Å². The van der Waals surface area contributed by atoms with Crippen LogP contribution in [0.15, 0.2) is 83.9 Å². The third-order valence-electron chi connectivity index (χ3n) is 4.41. The summed E-state index contributed by atoms with van der Waals surface area (Å²) >= 11 is 1.38. The molecule has 0 atom stereocenters. The van der Waals surface area contributed by atoms with Gasteiger partial charge in [0.1, 0.15) is 16.5 Å². The van der Waals surface area contributed by atoms with E-state index in [1.165, 1.54) is 11.8 Å². The van der Waals surface area contributed by atoms with Gasteiger partial charge in [-0.05, 0) is 24.3 Å². The number of fused-ring (bicyclic) bond motifs is 1. The summed E-state index contributed by atoms with van der Waals surface area (Å²) < 4.78 is 5.13. The number of carbonyl (C=O) groups is 1. The van der Waals surface area contributed by atoms with Crippen molar-refractivity contribution in [3.05, 3.63) is 78.9 Å². The van der Waals surface area contributed by atoms with Crippen molar-refractivity contribution in [1.82, 2.24) is 10.2 Å². The number of methoxy groups -OCH3 is 1. The Morgan fingerprint density at radius 1 is 0.897 bits per heavy atom. The molecular weight excluding hydrogens is 382 g/mol. The number of nitrogens with zero attached hydrogens (tertiary/aromatic N) is 2.